The van der Waals surface area contributed by atoms with Crippen molar-refractivity contribution in [3.8, 4) is 0 Å². The molecule has 9 heteroatoms. The maximum Gasteiger partial charge on any atom is 0.261 e. The zero-order valence-corrected chi connectivity index (χ0v) is 23.4. The molecule has 0 spiro atoms. The fourth-order valence-electron chi connectivity index (χ4n) is 5.40. The third-order valence-corrected chi connectivity index (χ3v) is 7.68. The van der Waals surface area contributed by atoms with Crippen LogP contribution in [0.25, 0.3) is 10.1 Å². The van der Waals surface area contributed by atoms with Crippen molar-refractivity contribution < 1.29 is 13.0 Å². The standard InChI is InChI=1S/C26H34N4S.CH4O3S/c1-26(2)18-21-17-20(10-11-23(21)28(3)19-26)7-6-12-29-13-15-30(16-14-29)25-22-8-4-5-9-24(22)31-27-25;1-5(2,3)4/h4-5,8-11,17H,6-7,12-16,18-19H2,1-3H3;1H3,(H,2,3,4). The fraction of sp³-hybridized carbons (Fsp3) is 0.519. The van der Waals surface area contributed by atoms with E-state index < -0.39 is 10.1 Å². The van der Waals surface area contributed by atoms with Crippen molar-refractivity contribution in [3.63, 3.8) is 0 Å². The average molecular weight is 531 g/mol. The highest BCUT2D eigenvalue weighted by molar-refractivity contribution is 7.85. The summed E-state index contributed by atoms with van der Waals surface area (Å²) < 4.78 is 31.9. The molecule has 2 aliphatic rings. The highest BCUT2D eigenvalue weighted by Gasteiger charge is 2.28. The molecular formula is C27H38N4O3S2. The van der Waals surface area contributed by atoms with Crippen LogP contribution in [-0.4, -0.2) is 74.8 Å². The number of fused-ring (bicyclic) bond motifs is 2. The van der Waals surface area contributed by atoms with E-state index in [1.807, 2.05) is 0 Å². The monoisotopic (exact) mass is 530 g/mol. The summed E-state index contributed by atoms with van der Waals surface area (Å²) in [5.41, 5.74) is 4.81. The Kier molecular flexibility index (Phi) is 8.24. The molecule has 0 aliphatic carbocycles. The second-order valence-electron chi connectivity index (χ2n) is 10.8. The van der Waals surface area contributed by atoms with E-state index in [0.717, 1.165) is 32.7 Å². The summed E-state index contributed by atoms with van der Waals surface area (Å²) in [5, 5.41) is 1.31. The molecule has 5 rings (SSSR count). The molecule has 3 heterocycles. The maximum absolute atomic E-state index is 9.19. The Hall–Kier alpha value is -2.20. The van der Waals surface area contributed by atoms with Gasteiger partial charge in [-0.1, -0.05) is 38.1 Å². The Morgan fingerprint density at radius 2 is 1.78 bits per heavy atom. The van der Waals surface area contributed by atoms with Crippen molar-refractivity contribution in [2.45, 2.75) is 33.1 Å². The van der Waals surface area contributed by atoms with Crippen LogP contribution in [0.1, 0.15) is 31.4 Å². The van der Waals surface area contributed by atoms with Gasteiger partial charge in [-0.25, -0.2) is 0 Å². The summed E-state index contributed by atoms with van der Waals surface area (Å²) in [7, 11) is -1.44. The van der Waals surface area contributed by atoms with Gasteiger partial charge in [0.15, 0.2) is 0 Å². The van der Waals surface area contributed by atoms with Gasteiger partial charge < -0.3 is 9.80 Å². The molecule has 0 radical (unpaired) electrons. The van der Waals surface area contributed by atoms with Crippen molar-refractivity contribution in [1.29, 1.82) is 0 Å². The predicted molar refractivity (Wildman–Crippen MR) is 151 cm³/mol. The maximum atomic E-state index is 9.19. The lowest BCUT2D eigenvalue weighted by molar-refractivity contribution is 0.255. The minimum atomic E-state index is -3.67. The molecule has 1 N–H and O–H groups in total. The van der Waals surface area contributed by atoms with Crippen LogP contribution in [0.15, 0.2) is 42.5 Å². The number of hydrogen-bond donors (Lipinski definition) is 1. The molecule has 7 nitrogen and oxygen atoms in total. The highest BCUT2D eigenvalue weighted by atomic mass is 32.2. The van der Waals surface area contributed by atoms with Gasteiger partial charge in [-0.05, 0) is 72.1 Å². The summed E-state index contributed by atoms with van der Waals surface area (Å²) in [4.78, 5) is 7.52. The predicted octanol–water partition coefficient (Wildman–Crippen LogP) is 4.57. The number of piperazine rings is 1. The van der Waals surface area contributed by atoms with Gasteiger partial charge in [-0.3, -0.25) is 9.45 Å². The lowest BCUT2D eigenvalue weighted by Crippen LogP contribution is -2.46. The van der Waals surface area contributed by atoms with E-state index in [9.17, 15) is 8.42 Å². The number of aromatic nitrogens is 1. The quantitative estimate of drug-likeness (QED) is 0.484. The Morgan fingerprint density at radius 1 is 1.08 bits per heavy atom. The first-order chi connectivity index (χ1) is 17.0. The van der Waals surface area contributed by atoms with Gasteiger partial charge in [0.05, 0.1) is 11.0 Å². The van der Waals surface area contributed by atoms with Gasteiger partial charge in [0.1, 0.15) is 5.82 Å². The summed E-state index contributed by atoms with van der Waals surface area (Å²) in [6.45, 7) is 11.5. The number of rotatable bonds is 5. The molecule has 2 aliphatic heterocycles. The van der Waals surface area contributed by atoms with Gasteiger partial charge in [-0.2, -0.15) is 12.8 Å². The van der Waals surface area contributed by atoms with E-state index in [0.29, 0.717) is 11.7 Å². The zero-order chi connectivity index (χ0) is 25.9. The van der Waals surface area contributed by atoms with E-state index in [-0.39, 0.29) is 0 Å². The summed E-state index contributed by atoms with van der Waals surface area (Å²) >= 11 is 1.62. The van der Waals surface area contributed by atoms with Gasteiger partial charge in [0.2, 0.25) is 0 Å². The number of nitrogens with zero attached hydrogens (tertiary/aromatic N) is 4. The lowest BCUT2D eigenvalue weighted by Gasteiger charge is -2.39. The summed E-state index contributed by atoms with van der Waals surface area (Å²) in [6.07, 6.45) is 4.31. The van der Waals surface area contributed by atoms with Crippen LogP contribution >= 0.6 is 11.5 Å². The first kappa shape index (κ1) is 26.9. The van der Waals surface area contributed by atoms with Crippen molar-refractivity contribution in [1.82, 2.24) is 9.27 Å². The lowest BCUT2D eigenvalue weighted by atomic mass is 9.81. The Balaban J connectivity index is 0.000000556. The SMILES string of the molecule is CN1CC(C)(C)Cc2cc(CCCN3CCN(c4nsc5ccccc45)CC3)ccc21.CS(=O)(=O)O. The van der Waals surface area contributed by atoms with Crippen LogP contribution in [0.5, 0.6) is 0 Å². The van der Waals surface area contributed by atoms with Gasteiger partial charge in [0, 0.05) is 50.8 Å². The van der Waals surface area contributed by atoms with Crippen molar-refractivity contribution in [2.75, 3.05) is 62.4 Å². The van der Waals surface area contributed by atoms with E-state index in [2.05, 4.69) is 78.1 Å². The second kappa shape index (κ2) is 11.0. The number of benzene rings is 2. The van der Waals surface area contributed by atoms with Gasteiger partial charge >= 0.3 is 0 Å². The summed E-state index contributed by atoms with van der Waals surface area (Å²) in [5.74, 6) is 1.18. The molecule has 0 amide bonds. The highest BCUT2D eigenvalue weighted by Crippen LogP contribution is 2.36. The van der Waals surface area contributed by atoms with Crippen molar-refractivity contribution in [2.24, 2.45) is 5.41 Å². The number of aryl methyl sites for hydroxylation is 1. The van der Waals surface area contributed by atoms with Crippen LogP contribution < -0.4 is 9.80 Å². The molecule has 36 heavy (non-hydrogen) atoms. The number of hydrogen-bond acceptors (Lipinski definition) is 7. The minimum Gasteiger partial charge on any atom is -0.374 e. The minimum absolute atomic E-state index is 0.364. The van der Waals surface area contributed by atoms with E-state index in [1.54, 1.807) is 11.5 Å². The molecule has 196 valence electrons. The van der Waals surface area contributed by atoms with Crippen LogP contribution in [0, 0.1) is 5.41 Å². The van der Waals surface area contributed by atoms with Crippen LogP contribution in [0.2, 0.25) is 0 Å². The fourth-order valence-corrected chi connectivity index (χ4v) is 6.19. The second-order valence-corrected chi connectivity index (χ2v) is 13.1. The van der Waals surface area contributed by atoms with Gasteiger partial charge in [0.25, 0.3) is 10.1 Å². The molecule has 0 unspecified atom stereocenters. The molecule has 3 aromatic rings. The topological polar surface area (TPSA) is 77.0 Å². The van der Waals surface area contributed by atoms with E-state index >= 15 is 0 Å². The first-order valence-electron chi connectivity index (χ1n) is 12.6. The largest absolute Gasteiger partial charge is 0.374 e. The molecule has 0 saturated carbocycles. The molecular weight excluding hydrogens is 492 g/mol. The molecule has 0 atom stereocenters. The van der Waals surface area contributed by atoms with Crippen LogP contribution in [0.3, 0.4) is 0 Å². The van der Waals surface area contributed by atoms with Crippen LogP contribution in [-0.2, 0) is 23.0 Å². The Bertz CT molecular complexity index is 1270. The molecule has 1 fully saturated rings. The number of anilines is 2. The van der Waals surface area contributed by atoms with Crippen LogP contribution in [0.4, 0.5) is 11.5 Å². The zero-order valence-electron chi connectivity index (χ0n) is 21.8. The average Bonchev–Trinajstić information content (AvgIpc) is 3.22. The third kappa shape index (κ3) is 7.18. The first-order valence-corrected chi connectivity index (χ1v) is 15.2. The molecule has 2 aromatic carbocycles. The van der Waals surface area contributed by atoms with Crippen molar-refractivity contribution >= 4 is 43.2 Å². The van der Waals surface area contributed by atoms with E-state index in [4.69, 9.17) is 8.93 Å². The van der Waals surface area contributed by atoms with Crippen molar-refractivity contribution in [3.05, 3.63) is 53.6 Å². The molecule has 0 bridgehead atoms. The van der Waals surface area contributed by atoms with Gasteiger partial charge in [-0.15, -0.1) is 0 Å². The molecule has 1 saturated heterocycles. The molecule has 1 aromatic heterocycles. The van der Waals surface area contributed by atoms with E-state index in [1.165, 1.54) is 58.5 Å². The third-order valence-electron chi connectivity index (χ3n) is 6.86. The summed E-state index contributed by atoms with van der Waals surface area (Å²) in [6, 6.07) is 15.8. The normalized spacial score (nSPS) is 18.0. The Morgan fingerprint density at radius 3 is 2.50 bits per heavy atom. The smallest absolute Gasteiger partial charge is 0.261 e. The Labute approximate surface area is 219 Å².